The molecule has 1 heterocycles. The Labute approximate surface area is 120 Å². The summed E-state index contributed by atoms with van der Waals surface area (Å²) in [7, 11) is 0. The molecule has 1 aromatic carbocycles. The van der Waals surface area contributed by atoms with E-state index in [-0.39, 0.29) is 5.82 Å². The van der Waals surface area contributed by atoms with Gasteiger partial charge in [0, 0.05) is 12.2 Å². The minimum Gasteiger partial charge on any atom is -0.487 e. The number of hydrogen-bond donors (Lipinski definition) is 0. The van der Waals surface area contributed by atoms with E-state index in [2.05, 4.69) is 34.9 Å². The van der Waals surface area contributed by atoms with Gasteiger partial charge in [-0.15, -0.1) is 0 Å². The quantitative estimate of drug-likeness (QED) is 0.817. The van der Waals surface area contributed by atoms with Crippen molar-refractivity contribution in [3.63, 3.8) is 0 Å². The summed E-state index contributed by atoms with van der Waals surface area (Å²) in [5.74, 6) is 0.319. The third-order valence-corrected chi connectivity index (χ3v) is 3.59. The molecule has 0 amide bonds. The van der Waals surface area contributed by atoms with Gasteiger partial charge in [-0.25, -0.2) is 4.39 Å². The number of benzene rings is 1. The monoisotopic (exact) mass is 326 g/mol. The molecule has 1 atom stereocenters. The third-order valence-electron chi connectivity index (χ3n) is 2.98. The zero-order valence-electron chi connectivity index (χ0n) is 10.9. The molecule has 0 saturated heterocycles. The van der Waals surface area contributed by atoms with Crippen molar-refractivity contribution in [1.29, 1.82) is 0 Å². The molecule has 5 heteroatoms. The van der Waals surface area contributed by atoms with Gasteiger partial charge in [-0.1, -0.05) is 6.92 Å². The highest BCUT2D eigenvalue weighted by atomic mass is 79.9. The molecule has 1 aromatic heterocycles. The smallest absolute Gasteiger partial charge is 0.137 e. The lowest BCUT2D eigenvalue weighted by Gasteiger charge is -2.08. The van der Waals surface area contributed by atoms with E-state index in [0.29, 0.717) is 22.9 Å². The maximum atomic E-state index is 13.1. The zero-order chi connectivity index (χ0) is 13.8. The molecule has 2 rings (SSSR count). The molecule has 19 heavy (non-hydrogen) atoms. The number of ether oxygens (including phenoxy) is 1. The predicted octanol–water partition coefficient (Wildman–Crippen LogP) is 4.33. The van der Waals surface area contributed by atoms with Crippen LogP contribution in [0.15, 0.2) is 34.9 Å². The molecule has 0 aliphatic heterocycles. The molecule has 0 aliphatic carbocycles. The van der Waals surface area contributed by atoms with Gasteiger partial charge in [-0.05, 0) is 53.5 Å². The number of aromatic nitrogens is 2. The Morgan fingerprint density at radius 1 is 1.42 bits per heavy atom. The minimum atomic E-state index is -0.298. The van der Waals surface area contributed by atoms with Crippen molar-refractivity contribution < 1.29 is 9.13 Å². The van der Waals surface area contributed by atoms with Gasteiger partial charge in [0.25, 0.3) is 0 Å². The summed E-state index contributed by atoms with van der Waals surface area (Å²) >= 11 is 3.13. The van der Waals surface area contributed by atoms with Crippen LogP contribution in [0.3, 0.4) is 0 Å². The Hall–Kier alpha value is -1.36. The fourth-order valence-corrected chi connectivity index (χ4v) is 1.97. The van der Waals surface area contributed by atoms with E-state index in [1.165, 1.54) is 6.07 Å². The van der Waals surface area contributed by atoms with E-state index in [9.17, 15) is 4.39 Å². The summed E-state index contributed by atoms with van der Waals surface area (Å²) in [6.45, 7) is 4.62. The third kappa shape index (κ3) is 3.56. The van der Waals surface area contributed by atoms with Crippen LogP contribution in [0.25, 0.3) is 0 Å². The summed E-state index contributed by atoms with van der Waals surface area (Å²) in [6, 6.07) is 6.91. The summed E-state index contributed by atoms with van der Waals surface area (Å²) in [6.07, 6.45) is 2.99. The first-order valence-corrected chi connectivity index (χ1v) is 7.01. The van der Waals surface area contributed by atoms with Gasteiger partial charge < -0.3 is 4.74 Å². The molecule has 0 fully saturated rings. The fraction of sp³-hybridized carbons (Fsp3) is 0.357. The van der Waals surface area contributed by atoms with Crippen LogP contribution in [0, 0.1) is 5.82 Å². The molecule has 0 aliphatic rings. The van der Waals surface area contributed by atoms with Crippen molar-refractivity contribution in [3.8, 4) is 5.75 Å². The zero-order valence-corrected chi connectivity index (χ0v) is 12.5. The summed E-state index contributed by atoms with van der Waals surface area (Å²) in [5.41, 5.74) is 0.862. The second-order valence-electron chi connectivity index (χ2n) is 4.41. The average Bonchev–Trinajstić information content (AvgIpc) is 2.88. The van der Waals surface area contributed by atoms with E-state index < -0.39 is 0 Å². The molecule has 1 unspecified atom stereocenters. The van der Waals surface area contributed by atoms with Gasteiger partial charge in [0.15, 0.2) is 0 Å². The first kappa shape index (κ1) is 14.1. The maximum absolute atomic E-state index is 13.1. The second kappa shape index (κ2) is 6.19. The first-order chi connectivity index (χ1) is 9.10. The lowest BCUT2D eigenvalue weighted by atomic mass is 10.3. The Morgan fingerprint density at radius 3 is 2.89 bits per heavy atom. The van der Waals surface area contributed by atoms with Crippen LogP contribution in [-0.2, 0) is 6.61 Å². The van der Waals surface area contributed by atoms with E-state index in [4.69, 9.17) is 4.74 Å². The van der Waals surface area contributed by atoms with Gasteiger partial charge in [0.05, 0.1) is 10.2 Å². The Kier molecular flexibility index (Phi) is 4.58. The van der Waals surface area contributed by atoms with E-state index in [1.807, 2.05) is 16.9 Å². The molecule has 0 saturated carbocycles. The normalized spacial score (nSPS) is 12.4. The predicted molar refractivity (Wildman–Crippen MR) is 75.7 cm³/mol. The van der Waals surface area contributed by atoms with Crippen LogP contribution in [-0.4, -0.2) is 9.78 Å². The van der Waals surface area contributed by atoms with Crippen molar-refractivity contribution >= 4 is 15.9 Å². The van der Waals surface area contributed by atoms with Crippen LogP contribution in [0.4, 0.5) is 4.39 Å². The molecule has 0 bridgehead atoms. The Morgan fingerprint density at radius 2 is 2.21 bits per heavy atom. The van der Waals surface area contributed by atoms with E-state index in [1.54, 1.807) is 12.1 Å². The van der Waals surface area contributed by atoms with E-state index in [0.717, 1.165) is 12.1 Å². The molecular formula is C14H16BrFN2O. The fourth-order valence-electron chi connectivity index (χ4n) is 1.61. The molecule has 0 spiro atoms. The summed E-state index contributed by atoms with van der Waals surface area (Å²) in [5, 5.41) is 4.44. The van der Waals surface area contributed by atoms with Crippen LogP contribution in [0.1, 0.15) is 32.0 Å². The molecule has 102 valence electrons. The molecule has 2 aromatic rings. The van der Waals surface area contributed by atoms with Crippen LogP contribution < -0.4 is 4.74 Å². The Balaban J connectivity index is 1.98. The van der Waals surface area contributed by atoms with Gasteiger partial charge >= 0.3 is 0 Å². The van der Waals surface area contributed by atoms with Crippen molar-refractivity contribution in [1.82, 2.24) is 9.78 Å². The lowest BCUT2D eigenvalue weighted by molar-refractivity contribution is 0.297. The van der Waals surface area contributed by atoms with Gasteiger partial charge in [0.1, 0.15) is 18.2 Å². The van der Waals surface area contributed by atoms with E-state index >= 15 is 0 Å². The Bertz CT molecular complexity index is 556. The SMILES string of the molecule is CCC(C)n1ccc(COc2ccc(F)c(Br)c2)n1. The topological polar surface area (TPSA) is 27.1 Å². The second-order valence-corrected chi connectivity index (χ2v) is 5.26. The van der Waals surface area contributed by atoms with Gasteiger partial charge in [-0.3, -0.25) is 4.68 Å². The largest absolute Gasteiger partial charge is 0.487 e. The highest BCUT2D eigenvalue weighted by molar-refractivity contribution is 9.10. The van der Waals surface area contributed by atoms with Crippen molar-refractivity contribution in [3.05, 3.63) is 46.4 Å². The minimum absolute atomic E-state index is 0.298. The van der Waals surface area contributed by atoms with Crippen LogP contribution in [0.2, 0.25) is 0 Å². The van der Waals surface area contributed by atoms with Crippen molar-refractivity contribution in [2.24, 2.45) is 0 Å². The van der Waals surface area contributed by atoms with Crippen molar-refractivity contribution in [2.45, 2.75) is 32.9 Å². The molecule has 3 nitrogen and oxygen atoms in total. The van der Waals surface area contributed by atoms with Gasteiger partial charge in [0.2, 0.25) is 0 Å². The van der Waals surface area contributed by atoms with Crippen molar-refractivity contribution in [2.75, 3.05) is 0 Å². The average molecular weight is 327 g/mol. The lowest BCUT2D eigenvalue weighted by Crippen LogP contribution is -2.05. The first-order valence-electron chi connectivity index (χ1n) is 6.22. The maximum Gasteiger partial charge on any atom is 0.137 e. The standard InChI is InChI=1S/C14H16BrFN2O/c1-3-10(2)18-7-6-11(17-18)9-19-12-4-5-14(16)13(15)8-12/h4-8,10H,3,9H2,1-2H3. The number of rotatable bonds is 5. The highest BCUT2D eigenvalue weighted by Gasteiger charge is 2.06. The summed E-state index contributed by atoms with van der Waals surface area (Å²) < 4.78 is 21.0. The molecule has 0 radical (unpaired) electrons. The summed E-state index contributed by atoms with van der Waals surface area (Å²) in [4.78, 5) is 0. The number of hydrogen-bond acceptors (Lipinski definition) is 2. The number of halogens is 2. The highest BCUT2D eigenvalue weighted by Crippen LogP contribution is 2.22. The van der Waals surface area contributed by atoms with Crippen LogP contribution >= 0.6 is 15.9 Å². The van der Waals surface area contributed by atoms with Gasteiger partial charge in [-0.2, -0.15) is 5.10 Å². The molecule has 0 N–H and O–H groups in total. The van der Waals surface area contributed by atoms with Crippen LogP contribution in [0.5, 0.6) is 5.75 Å². The number of nitrogens with zero attached hydrogens (tertiary/aromatic N) is 2. The molecular weight excluding hydrogens is 311 g/mol.